The number of aromatic nitrogens is 2. The minimum Gasteiger partial charge on any atom is -0.254 e. The van der Waals surface area contributed by atoms with Gasteiger partial charge >= 0.3 is 0 Å². The van der Waals surface area contributed by atoms with Crippen molar-refractivity contribution in [1.82, 2.24) is 9.97 Å². The molecule has 100 valence electrons. The van der Waals surface area contributed by atoms with Gasteiger partial charge < -0.3 is 0 Å². The molecule has 0 fully saturated rings. The van der Waals surface area contributed by atoms with Crippen LogP contribution in [0, 0.1) is 13.8 Å². The van der Waals surface area contributed by atoms with E-state index in [-0.39, 0.29) is 0 Å². The molecule has 0 aliphatic heterocycles. The fourth-order valence-corrected chi connectivity index (χ4v) is 3.37. The van der Waals surface area contributed by atoms with Crippen LogP contribution in [0.3, 0.4) is 0 Å². The summed E-state index contributed by atoms with van der Waals surface area (Å²) in [5.74, 6) is 0. The lowest BCUT2D eigenvalue weighted by molar-refractivity contribution is 1.26. The molecule has 2 nitrogen and oxygen atoms in total. The van der Waals surface area contributed by atoms with Crippen molar-refractivity contribution in [3.8, 4) is 22.0 Å². The Morgan fingerprint density at radius 2 is 1.95 bits per heavy atom. The largest absolute Gasteiger partial charge is 0.254 e. The Balaban J connectivity index is 2.08. The summed E-state index contributed by atoms with van der Waals surface area (Å²) in [6.07, 6.45) is 1.83. The third-order valence-corrected chi connectivity index (χ3v) is 4.52. The van der Waals surface area contributed by atoms with Crippen LogP contribution in [0.2, 0.25) is 0 Å². The van der Waals surface area contributed by atoms with Gasteiger partial charge in [-0.2, -0.15) is 0 Å². The molecule has 3 rings (SSSR count). The summed E-state index contributed by atoms with van der Waals surface area (Å²) >= 11 is 5.20. The van der Waals surface area contributed by atoms with E-state index in [1.807, 2.05) is 24.4 Å². The van der Waals surface area contributed by atoms with Gasteiger partial charge in [0.05, 0.1) is 11.4 Å². The highest BCUT2D eigenvalue weighted by molar-refractivity contribution is 9.10. The van der Waals surface area contributed by atoms with Gasteiger partial charge in [0.25, 0.3) is 0 Å². The Bertz CT molecular complexity index is 765. The molecule has 3 aromatic rings. The molecule has 0 unspecified atom stereocenters. The van der Waals surface area contributed by atoms with Crippen LogP contribution in [0.15, 0.2) is 47.1 Å². The molecule has 0 radical (unpaired) electrons. The smallest absolute Gasteiger partial charge is 0.142 e. The molecule has 0 bridgehead atoms. The summed E-state index contributed by atoms with van der Waals surface area (Å²) in [5, 5.41) is 0.973. The van der Waals surface area contributed by atoms with Crippen LogP contribution < -0.4 is 0 Å². The highest BCUT2D eigenvalue weighted by atomic mass is 79.9. The fourth-order valence-electron chi connectivity index (χ4n) is 2.06. The molecule has 0 spiro atoms. The van der Waals surface area contributed by atoms with E-state index >= 15 is 0 Å². The number of benzene rings is 1. The molecule has 4 heteroatoms. The van der Waals surface area contributed by atoms with Crippen molar-refractivity contribution in [2.24, 2.45) is 0 Å². The van der Waals surface area contributed by atoms with E-state index in [1.165, 1.54) is 10.4 Å². The summed E-state index contributed by atoms with van der Waals surface area (Å²) in [6, 6.07) is 12.3. The van der Waals surface area contributed by atoms with Gasteiger partial charge in [0, 0.05) is 21.1 Å². The number of thiazole rings is 1. The maximum atomic E-state index is 4.77. The van der Waals surface area contributed by atoms with E-state index in [4.69, 9.17) is 4.98 Å². The minimum atomic E-state index is 0.944. The van der Waals surface area contributed by atoms with Crippen molar-refractivity contribution in [2.45, 2.75) is 13.8 Å². The molecule has 1 aromatic carbocycles. The molecule has 2 aromatic heterocycles. The lowest BCUT2D eigenvalue weighted by Gasteiger charge is -1.99. The standard InChI is InChI=1S/C16H13BrN2S/c1-10-6-7-18-14(8-10)16-19-15(11(2)20-16)12-4-3-5-13(17)9-12/h3-9H,1-2H3. The van der Waals surface area contributed by atoms with Gasteiger partial charge in [-0.25, -0.2) is 4.98 Å². The molecule has 2 heterocycles. The first kappa shape index (κ1) is 13.5. The summed E-state index contributed by atoms with van der Waals surface area (Å²) in [4.78, 5) is 10.4. The molecular formula is C16H13BrN2S. The predicted molar refractivity (Wildman–Crippen MR) is 88.0 cm³/mol. The SMILES string of the molecule is Cc1ccnc(-c2nc(-c3cccc(Br)c3)c(C)s2)c1. The second-order valence-electron chi connectivity index (χ2n) is 4.65. The predicted octanol–water partition coefficient (Wildman–Crippen LogP) is 5.25. The summed E-state index contributed by atoms with van der Waals surface area (Å²) < 4.78 is 1.07. The van der Waals surface area contributed by atoms with Crippen molar-refractivity contribution in [3.05, 3.63) is 57.5 Å². The molecule has 0 saturated carbocycles. The first-order chi connectivity index (χ1) is 9.63. The first-order valence-electron chi connectivity index (χ1n) is 6.30. The number of hydrogen-bond acceptors (Lipinski definition) is 3. The molecule has 20 heavy (non-hydrogen) atoms. The lowest BCUT2D eigenvalue weighted by atomic mass is 10.1. The second kappa shape index (κ2) is 5.46. The highest BCUT2D eigenvalue weighted by Gasteiger charge is 2.12. The lowest BCUT2D eigenvalue weighted by Crippen LogP contribution is -1.84. The van der Waals surface area contributed by atoms with Gasteiger partial charge in [0.2, 0.25) is 0 Å². The van der Waals surface area contributed by atoms with E-state index in [9.17, 15) is 0 Å². The van der Waals surface area contributed by atoms with Crippen LogP contribution in [0.4, 0.5) is 0 Å². The average Bonchev–Trinajstić information content (AvgIpc) is 2.81. The summed E-state index contributed by atoms with van der Waals surface area (Å²) in [6.45, 7) is 4.17. The van der Waals surface area contributed by atoms with E-state index in [0.29, 0.717) is 0 Å². The Labute approximate surface area is 130 Å². The van der Waals surface area contributed by atoms with Crippen molar-refractivity contribution in [1.29, 1.82) is 0 Å². The summed E-state index contributed by atoms with van der Waals surface area (Å²) in [7, 11) is 0. The minimum absolute atomic E-state index is 0.944. The number of aryl methyl sites for hydroxylation is 2. The quantitative estimate of drug-likeness (QED) is 0.634. The van der Waals surface area contributed by atoms with E-state index in [1.54, 1.807) is 11.3 Å². The molecule has 0 amide bonds. The molecule has 0 aliphatic rings. The normalized spacial score (nSPS) is 10.8. The molecule has 0 N–H and O–H groups in total. The maximum absolute atomic E-state index is 4.77. The van der Waals surface area contributed by atoms with Gasteiger partial charge in [0.1, 0.15) is 5.01 Å². The number of nitrogens with zero attached hydrogens (tertiary/aromatic N) is 2. The molecule has 0 aliphatic carbocycles. The van der Waals surface area contributed by atoms with Gasteiger partial charge in [-0.05, 0) is 43.7 Å². The Morgan fingerprint density at radius 3 is 2.70 bits per heavy atom. The first-order valence-corrected chi connectivity index (χ1v) is 7.91. The monoisotopic (exact) mass is 344 g/mol. The van der Waals surface area contributed by atoms with E-state index < -0.39 is 0 Å². The number of hydrogen-bond donors (Lipinski definition) is 0. The second-order valence-corrected chi connectivity index (χ2v) is 6.77. The average molecular weight is 345 g/mol. The third kappa shape index (κ3) is 2.67. The van der Waals surface area contributed by atoms with Crippen molar-refractivity contribution >= 4 is 27.3 Å². The van der Waals surface area contributed by atoms with Crippen molar-refractivity contribution in [3.63, 3.8) is 0 Å². The van der Waals surface area contributed by atoms with Gasteiger partial charge in [-0.15, -0.1) is 11.3 Å². The highest BCUT2D eigenvalue weighted by Crippen LogP contribution is 2.33. The Morgan fingerprint density at radius 1 is 1.10 bits per heavy atom. The zero-order valence-corrected chi connectivity index (χ0v) is 13.6. The van der Waals surface area contributed by atoms with Crippen LogP contribution in [-0.4, -0.2) is 9.97 Å². The van der Waals surface area contributed by atoms with Gasteiger partial charge in [-0.3, -0.25) is 4.98 Å². The molecule has 0 atom stereocenters. The van der Waals surface area contributed by atoms with Crippen LogP contribution >= 0.6 is 27.3 Å². The zero-order chi connectivity index (χ0) is 14.1. The van der Waals surface area contributed by atoms with Crippen LogP contribution in [-0.2, 0) is 0 Å². The topological polar surface area (TPSA) is 25.8 Å². The zero-order valence-electron chi connectivity index (χ0n) is 11.2. The van der Waals surface area contributed by atoms with Crippen molar-refractivity contribution < 1.29 is 0 Å². The van der Waals surface area contributed by atoms with Crippen molar-refractivity contribution in [2.75, 3.05) is 0 Å². The molecule has 0 saturated heterocycles. The number of rotatable bonds is 2. The van der Waals surface area contributed by atoms with E-state index in [2.05, 4.69) is 53.0 Å². The van der Waals surface area contributed by atoms with Gasteiger partial charge in [-0.1, -0.05) is 28.1 Å². The molecular weight excluding hydrogens is 332 g/mol. The third-order valence-electron chi connectivity index (χ3n) is 3.03. The Hall–Kier alpha value is -1.52. The fraction of sp³-hybridized carbons (Fsp3) is 0.125. The maximum Gasteiger partial charge on any atom is 0.142 e. The Kier molecular flexibility index (Phi) is 3.68. The van der Waals surface area contributed by atoms with Crippen LogP contribution in [0.1, 0.15) is 10.4 Å². The van der Waals surface area contributed by atoms with Crippen LogP contribution in [0.5, 0.6) is 0 Å². The number of pyridine rings is 1. The number of halogens is 1. The van der Waals surface area contributed by atoms with Crippen LogP contribution in [0.25, 0.3) is 22.0 Å². The van der Waals surface area contributed by atoms with E-state index in [0.717, 1.165) is 26.4 Å². The summed E-state index contributed by atoms with van der Waals surface area (Å²) in [5.41, 5.74) is 4.31. The van der Waals surface area contributed by atoms with Gasteiger partial charge in [0.15, 0.2) is 0 Å².